The first-order valence-electron chi connectivity index (χ1n) is 6.32. The van der Waals surface area contributed by atoms with Crippen molar-refractivity contribution in [2.45, 2.75) is 6.92 Å². The highest BCUT2D eigenvalue weighted by molar-refractivity contribution is 5.89. The molecule has 0 spiro atoms. The van der Waals surface area contributed by atoms with Crippen molar-refractivity contribution < 1.29 is 19.0 Å². The van der Waals surface area contributed by atoms with Crippen LogP contribution >= 0.6 is 0 Å². The van der Waals surface area contributed by atoms with Crippen LogP contribution in [-0.4, -0.2) is 42.3 Å². The summed E-state index contributed by atoms with van der Waals surface area (Å²) in [6.45, 7) is 5.99. The molecule has 0 aliphatic heterocycles. The Balaban J connectivity index is 2.73. The molecule has 0 heterocycles. The second kappa shape index (κ2) is 8.16. The fraction of sp³-hybridized carbons (Fsp3) is 0.357. The molecule has 0 saturated heterocycles. The lowest BCUT2D eigenvalue weighted by molar-refractivity contribution is 0.195. The number of nitrogens with zero attached hydrogens (tertiary/aromatic N) is 1. The molecule has 110 valence electrons. The van der Waals surface area contributed by atoms with Crippen molar-refractivity contribution in [3.8, 4) is 5.75 Å². The number of carbonyl (C=O) groups is 1. The average molecular weight is 282 g/mol. The third-order valence-electron chi connectivity index (χ3n) is 2.49. The summed E-state index contributed by atoms with van der Waals surface area (Å²) in [6, 6.07) is 3.77. The molecule has 1 rings (SSSR count). The molecule has 0 aliphatic rings. The molecule has 0 unspecified atom stereocenters. The van der Waals surface area contributed by atoms with Crippen molar-refractivity contribution in [3.63, 3.8) is 0 Å². The Morgan fingerprint density at radius 1 is 1.60 bits per heavy atom. The van der Waals surface area contributed by atoms with Crippen LogP contribution in [0, 0.1) is 5.82 Å². The van der Waals surface area contributed by atoms with E-state index in [9.17, 15) is 9.18 Å². The lowest BCUT2D eigenvalue weighted by atomic mass is 10.3. The molecule has 2 N–H and O–H groups in total. The van der Waals surface area contributed by atoms with Gasteiger partial charge in [0.1, 0.15) is 0 Å². The summed E-state index contributed by atoms with van der Waals surface area (Å²) >= 11 is 0. The van der Waals surface area contributed by atoms with Crippen molar-refractivity contribution in [2.75, 3.05) is 31.6 Å². The Morgan fingerprint density at radius 3 is 2.90 bits per heavy atom. The highest BCUT2D eigenvalue weighted by atomic mass is 19.1. The molecular formula is C14H19FN2O3. The van der Waals surface area contributed by atoms with E-state index in [1.54, 1.807) is 19.1 Å². The summed E-state index contributed by atoms with van der Waals surface area (Å²) in [4.78, 5) is 13.3. The van der Waals surface area contributed by atoms with Gasteiger partial charge in [0.25, 0.3) is 0 Å². The Bertz CT molecular complexity index is 466. The van der Waals surface area contributed by atoms with Crippen molar-refractivity contribution in [1.29, 1.82) is 0 Å². The molecular weight excluding hydrogens is 263 g/mol. The average Bonchev–Trinajstić information content (AvgIpc) is 2.42. The molecule has 0 fully saturated rings. The van der Waals surface area contributed by atoms with Crippen LogP contribution in [0.5, 0.6) is 5.75 Å². The molecule has 0 aromatic heterocycles. The quantitative estimate of drug-likeness (QED) is 0.754. The van der Waals surface area contributed by atoms with E-state index in [1.165, 1.54) is 17.0 Å². The van der Waals surface area contributed by atoms with Gasteiger partial charge in [-0.2, -0.15) is 0 Å². The van der Waals surface area contributed by atoms with Crippen LogP contribution < -0.4 is 10.1 Å². The minimum atomic E-state index is -0.540. The third kappa shape index (κ3) is 4.55. The normalized spacial score (nSPS) is 9.95. The van der Waals surface area contributed by atoms with Gasteiger partial charge in [-0.25, -0.2) is 9.18 Å². The van der Waals surface area contributed by atoms with Crippen molar-refractivity contribution in [1.82, 2.24) is 4.90 Å². The molecule has 20 heavy (non-hydrogen) atoms. The van der Waals surface area contributed by atoms with E-state index in [2.05, 4.69) is 11.9 Å². The first-order valence-corrected chi connectivity index (χ1v) is 6.32. The molecule has 0 saturated carbocycles. The summed E-state index contributed by atoms with van der Waals surface area (Å²) < 4.78 is 18.7. The second-order valence-electron chi connectivity index (χ2n) is 3.97. The van der Waals surface area contributed by atoms with Crippen LogP contribution in [0.2, 0.25) is 0 Å². The standard InChI is InChI=1S/C14H19FN2O3/c1-3-7-17(8-9-18)14(19)16-11-5-6-13(20-4-2)12(15)10-11/h3,5-6,10,18H,1,4,7-9H2,2H3,(H,16,19). The fourth-order valence-corrected chi connectivity index (χ4v) is 1.61. The molecule has 2 amide bonds. The van der Waals surface area contributed by atoms with Crippen LogP contribution in [0.15, 0.2) is 30.9 Å². The van der Waals surface area contributed by atoms with E-state index in [4.69, 9.17) is 9.84 Å². The summed E-state index contributed by atoms with van der Waals surface area (Å²) in [5.41, 5.74) is 0.322. The van der Waals surface area contributed by atoms with Crippen molar-refractivity contribution in [2.24, 2.45) is 0 Å². The van der Waals surface area contributed by atoms with E-state index < -0.39 is 11.8 Å². The maximum absolute atomic E-state index is 13.6. The van der Waals surface area contributed by atoms with E-state index in [1.807, 2.05) is 0 Å². The van der Waals surface area contributed by atoms with E-state index in [-0.39, 0.29) is 18.9 Å². The fourth-order valence-electron chi connectivity index (χ4n) is 1.61. The van der Waals surface area contributed by atoms with Crippen LogP contribution in [0.1, 0.15) is 6.92 Å². The first kappa shape index (κ1) is 16.0. The molecule has 0 bridgehead atoms. The molecule has 5 nitrogen and oxygen atoms in total. The highest BCUT2D eigenvalue weighted by Crippen LogP contribution is 2.21. The summed E-state index contributed by atoms with van der Waals surface area (Å²) in [5, 5.41) is 11.4. The number of anilines is 1. The maximum atomic E-state index is 13.6. The number of halogens is 1. The van der Waals surface area contributed by atoms with Crippen molar-refractivity contribution >= 4 is 11.7 Å². The SMILES string of the molecule is C=CCN(CCO)C(=O)Nc1ccc(OCC)c(F)c1. The molecule has 0 aliphatic carbocycles. The van der Waals surface area contributed by atoms with E-state index in [0.29, 0.717) is 18.8 Å². The number of amides is 2. The highest BCUT2D eigenvalue weighted by Gasteiger charge is 2.12. The number of nitrogens with one attached hydrogen (secondary N) is 1. The summed E-state index contributed by atoms with van der Waals surface area (Å²) in [5.74, 6) is -0.397. The second-order valence-corrected chi connectivity index (χ2v) is 3.97. The van der Waals surface area contributed by atoms with Crippen LogP contribution in [0.4, 0.5) is 14.9 Å². The smallest absolute Gasteiger partial charge is 0.322 e. The number of aliphatic hydroxyl groups excluding tert-OH is 1. The van der Waals surface area contributed by atoms with Gasteiger partial charge in [0, 0.05) is 24.8 Å². The van der Waals surface area contributed by atoms with Gasteiger partial charge in [0.15, 0.2) is 11.6 Å². The number of rotatable bonds is 7. The number of hydrogen-bond acceptors (Lipinski definition) is 3. The van der Waals surface area contributed by atoms with Crippen LogP contribution in [0.25, 0.3) is 0 Å². The molecule has 6 heteroatoms. The van der Waals surface area contributed by atoms with Gasteiger partial charge in [0.2, 0.25) is 0 Å². The van der Waals surface area contributed by atoms with Crippen LogP contribution in [-0.2, 0) is 0 Å². The van der Waals surface area contributed by atoms with Gasteiger partial charge in [-0.3, -0.25) is 0 Å². The first-order chi connectivity index (χ1) is 9.62. The zero-order valence-electron chi connectivity index (χ0n) is 11.4. The van der Waals surface area contributed by atoms with Gasteiger partial charge >= 0.3 is 6.03 Å². The Morgan fingerprint density at radius 2 is 2.35 bits per heavy atom. The lowest BCUT2D eigenvalue weighted by Gasteiger charge is -2.20. The van der Waals surface area contributed by atoms with E-state index in [0.717, 1.165) is 0 Å². The molecule has 0 atom stereocenters. The maximum Gasteiger partial charge on any atom is 0.322 e. The van der Waals surface area contributed by atoms with Gasteiger partial charge in [-0.15, -0.1) is 6.58 Å². The summed E-state index contributed by atoms with van der Waals surface area (Å²) in [7, 11) is 0. The Labute approximate surface area is 117 Å². The number of hydrogen-bond donors (Lipinski definition) is 2. The van der Waals surface area contributed by atoms with Gasteiger partial charge in [-0.1, -0.05) is 6.08 Å². The zero-order valence-corrected chi connectivity index (χ0v) is 11.4. The van der Waals surface area contributed by atoms with Crippen molar-refractivity contribution in [3.05, 3.63) is 36.7 Å². The molecule has 1 aromatic carbocycles. The predicted molar refractivity (Wildman–Crippen MR) is 75.4 cm³/mol. The summed E-state index contributed by atoms with van der Waals surface area (Å²) in [6.07, 6.45) is 1.55. The Kier molecular flexibility index (Phi) is 6.52. The molecule has 1 aromatic rings. The number of urea groups is 1. The van der Waals surface area contributed by atoms with Gasteiger partial charge in [0.05, 0.1) is 13.2 Å². The zero-order chi connectivity index (χ0) is 15.0. The number of ether oxygens (including phenoxy) is 1. The Hall–Kier alpha value is -2.08. The largest absolute Gasteiger partial charge is 0.491 e. The van der Waals surface area contributed by atoms with Gasteiger partial charge < -0.3 is 20.1 Å². The minimum Gasteiger partial charge on any atom is -0.491 e. The molecule has 0 radical (unpaired) electrons. The number of carbonyl (C=O) groups excluding carboxylic acids is 1. The van der Waals surface area contributed by atoms with E-state index >= 15 is 0 Å². The monoisotopic (exact) mass is 282 g/mol. The lowest BCUT2D eigenvalue weighted by Crippen LogP contribution is -2.37. The topological polar surface area (TPSA) is 61.8 Å². The third-order valence-corrected chi connectivity index (χ3v) is 2.49. The number of benzene rings is 1. The number of aliphatic hydroxyl groups is 1. The minimum absolute atomic E-state index is 0.142. The van der Waals surface area contributed by atoms with Crippen LogP contribution in [0.3, 0.4) is 0 Å². The van der Waals surface area contributed by atoms with Gasteiger partial charge in [-0.05, 0) is 19.1 Å². The predicted octanol–water partition coefficient (Wildman–Crippen LogP) is 2.24.